The van der Waals surface area contributed by atoms with Crippen LogP contribution in [0.2, 0.25) is 5.02 Å². The molecule has 4 aromatic rings. The molecular formula is C29H27ClF2N4. The van der Waals surface area contributed by atoms with E-state index in [0.29, 0.717) is 17.9 Å². The van der Waals surface area contributed by atoms with E-state index in [4.69, 9.17) is 16.6 Å². The lowest BCUT2D eigenvalue weighted by Crippen LogP contribution is -2.47. The van der Waals surface area contributed by atoms with E-state index >= 15 is 0 Å². The van der Waals surface area contributed by atoms with Crippen LogP contribution in [0.5, 0.6) is 0 Å². The first-order valence-corrected chi connectivity index (χ1v) is 12.8. The minimum atomic E-state index is -0.239. The molecule has 0 spiro atoms. The highest BCUT2D eigenvalue weighted by atomic mass is 35.5. The maximum absolute atomic E-state index is 14.2. The maximum atomic E-state index is 14.2. The molecule has 3 aromatic carbocycles. The molecule has 0 amide bonds. The predicted molar refractivity (Wildman–Crippen MR) is 141 cm³/mol. The smallest absolute Gasteiger partial charge is 0.203 e. The van der Waals surface area contributed by atoms with Crippen LogP contribution in [0.15, 0.2) is 60.7 Å². The number of nitrogens with one attached hydrogen (secondary N) is 1. The molecular weight excluding hydrogens is 478 g/mol. The molecule has 0 radical (unpaired) electrons. The van der Waals surface area contributed by atoms with Gasteiger partial charge in [-0.1, -0.05) is 23.7 Å². The monoisotopic (exact) mass is 504 g/mol. The molecule has 0 saturated carbocycles. The summed E-state index contributed by atoms with van der Waals surface area (Å²) in [6.07, 6.45) is 3.33. The summed E-state index contributed by atoms with van der Waals surface area (Å²) in [5.41, 5.74) is 6.88. The standard InChI is InChI=1S/C29H27ClF2N4/c1-18-28(19-6-8-22(30)9-7-19)34-29(33-18)35-14-2-3-25(17-35)36-26-12-10-23(31)15-20(26)4-5-21-16-24(32)11-13-27(21)36/h6-13,15-16,25H,2-5,14,17H2,1H3,(H,33,34). The van der Waals surface area contributed by atoms with Gasteiger partial charge in [0.1, 0.15) is 11.6 Å². The summed E-state index contributed by atoms with van der Waals surface area (Å²) >= 11 is 6.07. The third-order valence-electron chi connectivity index (χ3n) is 7.32. The number of aryl methyl sites for hydroxylation is 3. The van der Waals surface area contributed by atoms with Gasteiger partial charge in [-0.05, 0) is 92.3 Å². The highest BCUT2D eigenvalue weighted by molar-refractivity contribution is 6.30. The Morgan fingerprint density at radius 3 is 2.19 bits per heavy atom. The first-order valence-electron chi connectivity index (χ1n) is 12.4. The lowest BCUT2D eigenvalue weighted by atomic mass is 10.0. The van der Waals surface area contributed by atoms with Crippen LogP contribution in [-0.4, -0.2) is 29.1 Å². The highest BCUT2D eigenvalue weighted by Gasteiger charge is 2.32. The number of anilines is 3. The number of hydrogen-bond acceptors (Lipinski definition) is 3. The van der Waals surface area contributed by atoms with Crippen molar-refractivity contribution in [2.45, 2.75) is 38.6 Å². The van der Waals surface area contributed by atoms with Crippen LogP contribution in [0.3, 0.4) is 0 Å². The number of rotatable bonds is 3. The molecule has 1 fully saturated rings. The minimum absolute atomic E-state index is 0.134. The number of fused-ring (bicyclic) bond motifs is 2. The molecule has 3 heterocycles. The Labute approximate surface area is 214 Å². The number of aromatic nitrogens is 2. The molecule has 1 saturated heterocycles. The molecule has 6 rings (SSSR count). The SMILES string of the molecule is Cc1[nH]c(N2CCCC(N3c4ccc(F)cc4CCc4cc(F)ccc43)C2)nc1-c1ccc(Cl)cc1. The zero-order chi connectivity index (χ0) is 24.8. The van der Waals surface area contributed by atoms with Crippen molar-refractivity contribution in [1.82, 2.24) is 9.97 Å². The van der Waals surface area contributed by atoms with Crippen molar-refractivity contribution >= 4 is 28.9 Å². The van der Waals surface area contributed by atoms with Crippen LogP contribution in [0.1, 0.15) is 29.7 Å². The van der Waals surface area contributed by atoms with Gasteiger partial charge in [0.25, 0.3) is 0 Å². The van der Waals surface area contributed by atoms with Crippen molar-refractivity contribution in [3.63, 3.8) is 0 Å². The Kier molecular flexibility index (Phi) is 5.92. The van der Waals surface area contributed by atoms with Gasteiger partial charge in [0.2, 0.25) is 5.95 Å². The average Bonchev–Trinajstić information content (AvgIpc) is 3.19. The summed E-state index contributed by atoms with van der Waals surface area (Å²) in [4.78, 5) is 13.0. The lowest BCUT2D eigenvalue weighted by molar-refractivity contribution is 0.492. The quantitative estimate of drug-likeness (QED) is 0.320. The second kappa shape index (κ2) is 9.25. The van der Waals surface area contributed by atoms with E-state index in [0.717, 1.165) is 71.3 Å². The van der Waals surface area contributed by atoms with Crippen molar-refractivity contribution in [3.05, 3.63) is 94.1 Å². The Bertz CT molecular complexity index is 1360. The highest BCUT2D eigenvalue weighted by Crippen LogP contribution is 2.40. The van der Waals surface area contributed by atoms with Gasteiger partial charge in [-0.2, -0.15) is 0 Å². The fourth-order valence-corrected chi connectivity index (χ4v) is 5.74. The van der Waals surface area contributed by atoms with Crippen LogP contribution >= 0.6 is 11.6 Å². The normalized spacial score (nSPS) is 17.5. The largest absolute Gasteiger partial charge is 0.340 e. The van der Waals surface area contributed by atoms with Gasteiger partial charge >= 0.3 is 0 Å². The van der Waals surface area contributed by atoms with Gasteiger partial charge in [-0.3, -0.25) is 0 Å². The molecule has 1 unspecified atom stereocenters. The molecule has 7 heteroatoms. The number of benzene rings is 3. The zero-order valence-electron chi connectivity index (χ0n) is 20.1. The number of hydrogen-bond donors (Lipinski definition) is 1. The van der Waals surface area contributed by atoms with Crippen LogP contribution in [0.4, 0.5) is 26.1 Å². The number of H-pyrrole nitrogens is 1. The van der Waals surface area contributed by atoms with Crippen molar-refractivity contribution in [2.75, 3.05) is 22.9 Å². The molecule has 1 N–H and O–H groups in total. The first-order chi connectivity index (χ1) is 17.5. The van der Waals surface area contributed by atoms with E-state index in [1.54, 1.807) is 12.1 Å². The van der Waals surface area contributed by atoms with Crippen LogP contribution < -0.4 is 9.80 Å². The number of aromatic amines is 1. The van der Waals surface area contributed by atoms with Crippen molar-refractivity contribution in [1.29, 1.82) is 0 Å². The minimum Gasteiger partial charge on any atom is -0.340 e. The van der Waals surface area contributed by atoms with Crippen LogP contribution in [0, 0.1) is 18.6 Å². The van der Waals surface area contributed by atoms with E-state index < -0.39 is 0 Å². The topological polar surface area (TPSA) is 35.2 Å². The van der Waals surface area contributed by atoms with Gasteiger partial charge in [-0.25, -0.2) is 13.8 Å². The number of nitrogens with zero attached hydrogens (tertiary/aromatic N) is 3. The van der Waals surface area contributed by atoms with Crippen LogP contribution in [0.25, 0.3) is 11.3 Å². The lowest BCUT2D eigenvalue weighted by Gasteiger charge is -2.41. The molecule has 0 bridgehead atoms. The Morgan fingerprint density at radius 2 is 1.56 bits per heavy atom. The van der Waals surface area contributed by atoms with Crippen molar-refractivity contribution < 1.29 is 8.78 Å². The van der Waals surface area contributed by atoms with E-state index in [-0.39, 0.29) is 17.7 Å². The van der Waals surface area contributed by atoms with Crippen molar-refractivity contribution in [2.24, 2.45) is 0 Å². The fraction of sp³-hybridized carbons (Fsp3) is 0.276. The summed E-state index contributed by atoms with van der Waals surface area (Å²) in [5, 5.41) is 0.698. The number of halogens is 3. The van der Waals surface area contributed by atoms with Gasteiger partial charge in [0.05, 0.1) is 11.7 Å². The molecule has 1 atom stereocenters. The van der Waals surface area contributed by atoms with E-state index in [9.17, 15) is 8.78 Å². The van der Waals surface area contributed by atoms with E-state index in [1.807, 2.05) is 43.3 Å². The first kappa shape index (κ1) is 23.0. The van der Waals surface area contributed by atoms with Gasteiger partial charge < -0.3 is 14.8 Å². The molecule has 36 heavy (non-hydrogen) atoms. The van der Waals surface area contributed by atoms with E-state index in [1.165, 1.54) is 12.1 Å². The second-order valence-corrected chi connectivity index (χ2v) is 10.1. The molecule has 1 aromatic heterocycles. The third-order valence-corrected chi connectivity index (χ3v) is 7.57. The average molecular weight is 505 g/mol. The van der Waals surface area contributed by atoms with Crippen LogP contribution in [-0.2, 0) is 12.8 Å². The summed E-state index contributed by atoms with van der Waals surface area (Å²) in [7, 11) is 0. The summed E-state index contributed by atoms with van der Waals surface area (Å²) in [6, 6.07) is 17.9. The van der Waals surface area contributed by atoms with Gasteiger partial charge in [0.15, 0.2) is 0 Å². The second-order valence-electron chi connectivity index (χ2n) is 9.70. The molecule has 2 aliphatic heterocycles. The van der Waals surface area contributed by atoms with Crippen molar-refractivity contribution in [3.8, 4) is 11.3 Å². The predicted octanol–water partition coefficient (Wildman–Crippen LogP) is 7.22. The molecule has 4 nitrogen and oxygen atoms in total. The van der Waals surface area contributed by atoms with Gasteiger partial charge in [-0.15, -0.1) is 0 Å². The number of imidazole rings is 1. The number of piperidine rings is 1. The third kappa shape index (κ3) is 4.24. The van der Waals surface area contributed by atoms with E-state index in [2.05, 4.69) is 14.8 Å². The summed E-state index contributed by atoms with van der Waals surface area (Å²) in [5.74, 6) is 0.365. The Morgan fingerprint density at radius 1 is 0.917 bits per heavy atom. The summed E-state index contributed by atoms with van der Waals surface area (Å²) in [6.45, 7) is 3.68. The summed E-state index contributed by atoms with van der Waals surface area (Å²) < 4.78 is 28.3. The zero-order valence-corrected chi connectivity index (χ0v) is 20.8. The van der Waals surface area contributed by atoms with Gasteiger partial charge in [0, 0.05) is 40.7 Å². The Balaban J connectivity index is 1.35. The molecule has 2 aliphatic rings. The molecule has 0 aliphatic carbocycles. The molecule has 184 valence electrons. The Hall–Kier alpha value is -3.38. The maximum Gasteiger partial charge on any atom is 0.203 e. The fourth-order valence-electron chi connectivity index (χ4n) is 5.61.